The number of aliphatic hydroxyl groups excluding tert-OH is 1. The second kappa shape index (κ2) is 5.29. The van der Waals surface area contributed by atoms with Gasteiger partial charge in [0.25, 0.3) is 0 Å². The van der Waals surface area contributed by atoms with Crippen LogP contribution in [0.15, 0.2) is 30.3 Å². The molecule has 1 atom stereocenters. The third kappa shape index (κ3) is 3.05. The molecular formula is C13H19NO. The Kier molecular flexibility index (Phi) is 3.75. The number of hydrogen-bond acceptors (Lipinski definition) is 2. The van der Waals surface area contributed by atoms with E-state index < -0.39 is 0 Å². The monoisotopic (exact) mass is 205 g/mol. The standard InChI is InChI=1S/C13H19NO/c15-13-8-4-5-10-14(13)11-9-12-6-2-1-3-7-12/h1-3,6-7,13,15H,4-5,8-11H2. The number of aliphatic hydroxyl groups is 1. The van der Waals surface area contributed by atoms with Gasteiger partial charge in [-0.25, -0.2) is 0 Å². The van der Waals surface area contributed by atoms with Crippen LogP contribution in [0.3, 0.4) is 0 Å². The first-order chi connectivity index (χ1) is 7.36. The van der Waals surface area contributed by atoms with E-state index in [1.165, 1.54) is 18.4 Å². The van der Waals surface area contributed by atoms with Crippen molar-refractivity contribution in [3.05, 3.63) is 35.9 Å². The van der Waals surface area contributed by atoms with Gasteiger partial charge in [0.05, 0.1) is 0 Å². The van der Waals surface area contributed by atoms with Crippen molar-refractivity contribution in [3.8, 4) is 0 Å². The molecule has 1 aliphatic rings. The Labute approximate surface area is 91.5 Å². The summed E-state index contributed by atoms with van der Waals surface area (Å²) in [6.07, 6.45) is 4.17. The van der Waals surface area contributed by atoms with Crippen LogP contribution in [0.1, 0.15) is 24.8 Å². The number of hydrogen-bond donors (Lipinski definition) is 1. The topological polar surface area (TPSA) is 23.5 Å². The second-order valence-electron chi connectivity index (χ2n) is 4.25. The van der Waals surface area contributed by atoms with Crippen LogP contribution in [0, 0.1) is 0 Å². The first-order valence-electron chi connectivity index (χ1n) is 5.82. The summed E-state index contributed by atoms with van der Waals surface area (Å²) in [7, 11) is 0. The van der Waals surface area contributed by atoms with Gasteiger partial charge in [0.2, 0.25) is 0 Å². The normalized spacial score (nSPS) is 22.9. The first kappa shape index (κ1) is 10.7. The summed E-state index contributed by atoms with van der Waals surface area (Å²) in [5.74, 6) is 0. The van der Waals surface area contributed by atoms with Gasteiger partial charge in [-0.2, -0.15) is 0 Å². The highest BCUT2D eigenvalue weighted by atomic mass is 16.3. The number of nitrogens with zero attached hydrogens (tertiary/aromatic N) is 1. The molecule has 0 radical (unpaired) electrons. The van der Waals surface area contributed by atoms with Crippen molar-refractivity contribution >= 4 is 0 Å². The second-order valence-corrected chi connectivity index (χ2v) is 4.25. The zero-order valence-electron chi connectivity index (χ0n) is 9.10. The summed E-state index contributed by atoms with van der Waals surface area (Å²) in [6, 6.07) is 10.5. The SMILES string of the molecule is OC1CCCCN1CCc1ccccc1. The van der Waals surface area contributed by atoms with E-state index in [0.717, 1.165) is 25.9 Å². The first-order valence-corrected chi connectivity index (χ1v) is 5.82. The molecule has 1 saturated heterocycles. The maximum absolute atomic E-state index is 9.77. The molecule has 2 nitrogen and oxygen atoms in total. The lowest BCUT2D eigenvalue weighted by atomic mass is 10.1. The van der Waals surface area contributed by atoms with Gasteiger partial charge in [-0.1, -0.05) is 30.3 Å². The Morgan fingerprint density at radius 1 is 1.20 bits per heavy atom. The Bertz CT molecular complexity index is 286. The summed E-state index contributed by atoms with van der Waals surface area (Å²) in [5, 5.41) is 9.77. The molecule has 1 aromatic rings. The Morgan fingerprint density at radius 3 is 2.73 bits per heavy atom. The Hall–Kier alpha value is -0.860. The van der Waals surface area contributed by atoms with Gasteiger partial charge in [0, 0.05) is 13.1 Å². The van der Waals surface area contributed by atoms with Gasteiger partial charge in [-0.15, -0.1) is 0 Å². The molecule has 1 N–H and O–H groups in total. The lowest BCUT2D eigenvalue weighted by Crippen LogP contribution is -2.40. The number of benzene rings is 1. The zero-order valence-corrected chi connectivity index (χ0v) is 9.10. The van der Waals surface area contributed by atoms with Crippen LogP contribution in [0.2, 0.25) is 0 Å². The van der Waals surface area contributed by atoms with Crippen LogP contribution in [-0.2, 0) is 6.42 Å². The number of piperidine rings is 1. The third-order valence-corrected chi connectivity index (χ3v) is 3.11. The fraction of sp³-hybridized carbons (Fsp3) is 0.538. The highest BCUT2D eigenvalue weighted by Crippen LogP contribution is 2.15. The molecule has 1 fully saturated rings. The van der Waals surface area contributed by atoms with Gasteiger partial charge in [-0.3, -0.25) is 4.90 Å². The van der Waals surface area contributed by atoms with Crippen molar-refractivity contribution in [1.82, 2.24) is 4.90 Å². The molecule has 0 aliphatic carbocycles. The quantitative estimate of drug-likeness (QED) is 0.816. The van der Waals surface area contributed by atoms with Crippen LogP contribution < -0.4 is 0 Å². The molecule has 1 heterocycles. The Balaban J connectivity index is 1.82. The maximum atomic E-state index is 9.77. The summed E-state index contributed by atoms with van der Waals surface area (Å²) < 4.78 is 0. The minimum atomic E-state index is -0.206. The molecule has 0 saturated carbocycles. The molecule has 0 bridgehead atoms. The van der Waals surface area contributed by atoms with Crippen molar-refractivity contribution in [3.63, 3.8) is 0 Å². The molecular weight excluding hydrogens is 186 g/mol. The highest BCUT2D eigenvalue weighted by molar-refractivity contribution is 5.14. The zero-order chi connectivity index (χ0) is 10.5. The van der Waals surface area contributed by atoms with E-state index in [1.807, 2.05) is 6.07 Å². The average Bonchev–Trinajstić information content (AvgIpc) is 2.29. The van der Waals surface area contributed by atoms with E-state index in [4.69, 9.17) is 0 Å². The summed E-state index contributed by atoms with van der Waals surface area (Å²) in [4.78, 5) is 2.19. The van der Waals surface area contributed by atoms with Gasteiger partial charge in [0.15, 0.2) is 0 Å². The fourth-order valence-electron chi connectivity index (χ4n) is 2.15. The van der Waals surface area contributed by atoms with E-state index in [2.05, 4.69) is 29.2 Å². The predicted molar refractivity (Wildman–Crippen MR) is 61.6 cm³/mol. The van der Waals surface area contributed by atoms with Gasteiger partial charge < -0.3 is 5.11 Å². The minimum absolute atomic E-state index is 0.206. The van der Waals surface area contributed by atoms with Crippen molar-refractivity contribution in [2.24, 2.45) is 0 Å². The van der Waals surface area contributed by atoms with Crippen LogP contribution >= 0.6 is 0 Å². The molecule has 1 aromatic carbocycles. The largest absolute Gasteiger partial charge is 0.378 e. The van der Waals surface area contributed by atoms with Crippen molar-refractivity contribution < 1.29 is 5.11 Å². The molecule has 15 heavy (non-hydrogen) atoms. The Morgan fingerprint density at radius 2 is 2.00 bits per heavy atom. The number of likely N-dealkylation sites (tertiary alicyclic amines) is 1. The molecule has 2 heteroatoms. The smallest absolute Gasteiger partial charge is 0.107 e. The fourth-order valence-corrected chi connectivity index (χ4v) is 2.15. The molecule has 0 amide bonds. The van der Waals surface area contributed by atoms with Crippen molar-refractivity contribution in [2.45, 2.75) is 31.9 Å². The third-order valence-electron chi connectivity index (χ3n) is 3.11. The van der Waals surface area contributed by atoms with Crippen LogP contribution in [-0.4, -0.2) is 29.3 Å². The van der Waals surface area contributed by atoms with E-state index in [1.54, 1.807) is 0 Å². The molecule has 1 unspecified atom stereocenters. The molecule has 0 spiro atoms. The van der Waals surface area contributed by atoms with Crippen LogP contribution in [0.5, 0.6) is 0 Å². The van der Waals surface area contributed by atoms with Crippen molar-refractivity contribution in [2.75, 3.05) is 13.1 Å². The van der Waals surface area contributed by atoms with E-state index in [0.29, 0.717) is 0 Å². The summed E-state index contributed by atoms with van der Waals surface area (Å²) in [5.41, 5.74) is 1.36. The van der Waals surface area contributed by atoms with E-state index in [9.17, 15) is 5.11 Å². The van der Waals surface area contributed by atoms with Gasteiger partial charge >= 0.3 is 0 Å². The van der Waals surface area contributed by atoms with Crippen molar-refractivity contribution in [1.29, 1.82) is 0 Å². The van der Waals surface area contributed by atoms with E-state index >= 15 is 0 Å². The summed E-state index contributed by atoms with van der Waals surface area (Å²) >= 11 is 0. The summed E-state index contributed by atoms with van der Waals surface area (Å²) in [6.45, 7) is 2.03. The van der Waals surface area contributed by atoms with Gasteiger partial charge in [-0.05, 0) is 31.2 Å². The number of rotatable bonds is 3. The molecule has 1 aliphatic heterocycles. The van der Waals surface area contributed by atoms with Gasteiger partial charge in [0.1, 0.15) is 6.23 Å². The molecule has 0 aromatic heterocycles. The van der Waals surface area contributed by atoms with Crippen LogP contribution in [0.4, 0.5) is 0 Å². The predicted octanol–water partition coefficient (Wildman–Crippen LogP) is 2.03. The lowest BCUT2D eigenvalue weighted by molar-refractivity contribution is -0.0227. The average molecular weight is 205 g/mol. The van der Waals surface area contributed by atoms with E-state index in [-0.39, 0.29) is 6.23 Å². The lowest BCUT2D eigenvalue weighted by Gasteiger charge is -2.31. The van der Waals surface area contributed by atoms with Crippen LogP contribution in [0.25, 0.3) is 0 Å². The molecule has 2 rings (SSSR count). The minimum Gasteiger partial charge on any atom is -0.378 e. The maximum Gasteiger partial charge on any atom is 0.107 e. The highest BCUT2D eigenvalue weighted by Gasteiger charge is 2.18. The molecule has 82 valence electrons.